The number of nitrogens with zero attached hydrogens (tertiary/aromatic N) is 1. The normalized spacial score (nSPS) is 15.4. The molecule has 0 aromatic carbocycles. The lowest BCUT2D eigenvalue weighted by Crippen LogP contribution is -2.17. The zero-order valence-corrected chi connectivity index (χ0v) is 19.6. The molecule has 0 spiro atoms. The molecule has 1 aromatic rings. The van der Waals surface area contributed by atoms with Gasteiger partial charge in [0.1, 0.15) is 0 Å². The average molecular weight is 416 g/mol. The van der Waals surface area contributed by atoms with Crippen LogP contribution in [0.15, 0.2) is 47.1 Å². The zero-order chi connectivity index (χ0) is 22.8. The van der Waals surface area contributed by atoms with Crippen molar-refractivity contribution in [1.82, 2.24) is 4.98 Å². The molecule has 0 saturated heterocycles. The second-order valence-corrected chi connectivity index (χ2v) is 7.68. The van der Waals surface area contributed by atoms with Gasteiger partial charge in [-0.15, -0.1) is 0 Å². The van der Waals surface area contributed by atoms with Crippen LogP contribution in [0.3, 0.4) is 0 Å². The fourth-order valence-corrected chi connectivity index (χ4v) is 3.12. The summed E-state index contributed by atoms with van der Waals surface area (Å²) < 4.78 is 10.4. The van der Waals surface area contributed by atoms with Gasteiger partial charge in [-0.3, -0.25) is 0 Å². The molecule has 0 bridgehead atoms. The molecule has 1 aromatic heterocycles. The number of pyridine rings is 1. The van der Waals surface area contributed by atoms with Crippen molar-refractivity contribution in [2.75, 3.05) is 14.2 Å². The molecule has 166 valence electrons. The van der Waals surface area contributed by atoms with E-state index < -0.39 is 6.10 Å². The summed E-state index contributed by atoms with van der Waals surface area (Å²) in [5.41, 5.74) is 4.76. The molecular formula is C25H37NO4. The van der Waals surface area contributed by atoms with Crippen LogP contribution in [-0.2, 0) is 6.42 Å². The van der Waals surface area contributed by atoms with Crippen LogP contribution < -0.4 is 9.47 Å². The van der Waals surface area contributed by atoms with Crippen LogP contribution in [0.5, 0.6) is 17.4 Å². The van der Waals surface area contributed by atoms with Crippen molar-refractivity contribution in [3.05, 3.63) is 58.4 Å². The first-order chi connectivity index (χ1) is 14.2. The maximum atomic E-state index is 10.3. The third kappa shape index (κ3) is 7.06. The first kappa shape index (κ1) is 25.5. The summed E-state index contributed by atoms with van der Waals surface area (Å²) in [4.78, 5) is 4.47. The highest BCUT2D eigenvalue weighted by Gasteiger charge is 2.17. The number of ether oxygens (including phenoxy) is 2. The van der Waals surface area contributed by atoms with Gasteiger partial charge in [0.2, 0.25) is 5.75 Å². The molecule has 1 heterocycles. The van der Waals surface area contributed by atoms with Crippen LogP contribution in [0, 0.1) is 12.8 Å². The number of aromatic hydroxyl groups is 1. The van der Waals surface area contributed by atoms with E-state index in [-0.39, 0.29) is 23.3 Å². The Balaban J connectivity index is 2.79. The topological polar surface area (TPSA) is 71.8 Å². The maximum absolute atomic E-state index is 10.3. The summed E-state index contributed by atoms with van der Waals surface area (Å²) in [6, 6.07) is 0. The number of aliphatic hydroxyl groups is 1. The number of aromatic nitrogens is 1. The van der Waals surface area contributed by atoms with Crippen LogP contribution in [0.1, 0.15) is 52.3 Å². The summed E-state index contributed by atoms with van der Waals surface area (Å²) in [7, 11) is 2.99. The number of allylic oxidation sites excluding steroid dienone is 6. The van der Waals surface area contributed by atoms with Gasteiger partial charge in [-0.1, -0.05) is 48.5 Å². The highest BCUT2D eigenvalue weighted by molar-refractivity contribution is 5.53. The molecule has 0 aliphatic carbocycles. The van der Waals surface area contributed by atoms with Crippen LogP contribution in [-0.4, -0.2) is 35.5 Å². The van der Waals surface area contributed by atoms with E-state index in [0.29, 0.717) is 12.0 Å². The second-order valence-electron chi connectivity index (χ2n) is 7.68. The SMILES string of the molecule is C/C=C(\C)[C@H](O)[C@H](C)/C=C(C)/C=C/C/C(C)=C/Cc1nc(OC)c(OC)c(O)c1C. The Hall–Kier alpha value is -2.53. The summed E-state index contributed by atoms with van der Waals surface area (Å²) in [5, 5.41) is 20.6. The predicted molar refractivity (Wildman–Crippen MR) is 123 cm³/mol. The van der Waals surface area contributed by atoms with E-state index in [1.807, 2.05) is 40.7 Å². The predicted octanol–water partition coefficient (Wildman–Crippen LogP) is 5.46. The minimum Gasteiger partial charge on any atom is -0.504 e. The fourth-order valence-electron chi connectivity index (χ4n) is 3.12. The van der Waals surface area contributed by atoms with Gasteiger partial charge in [0.25, 0.3) is 5.88 Å². The van der Waals surface area contributed by atoms with Crippen LogP contribution >= 0.6 is 0 Å². The number of hydrogen-bond donors (Lipinski definition) is 2. The first-order valence-electron chi connectivity index (χ1n) is 10.3. The number of methoxy groups -OCH3 is 2. The lowest BCUT2D eigenvalue weighted by atomic mass is 9.96. The largest absolute Gasteiger partial charge is 0.504 e. The molecule has 1 rings (SSSR count). The first-order valence-corrected chi connectivity index (χ1v) is 10.3. The molecule has 2 N–H and O–H groups in total. The average Bonchev–Trinajstić information content (AvgIpc) is 2.73. The second kappa shape index (κ2) is 12.2. The molecule has 0 saturated carbocycles. The molecule has 0 aliphatic rings. The lowest BCUT2D eigenvalue weighted by molar-refractivity contribution is 0.173. The number of hydrogen-bond acceptors (Lipinski definition) is 5. The highest BCUT2D eigenvalue weighted by atomic mass is 16.5. The Morgan fingerprint density at radius 3 is 2.40 bits per heavy atom. The zero-order valence-electron chi connectivity index (χ0n) is 19.6. The molecule has 0 radical (unpaired) electrons. The third-order valence-corrected chi connectivity index (χ3v) is 5.24. The lowest BCUT2D eigenvalue weighted by Gasteiger charge is -2.16. The number of aliphatic hydroxyl groups excluding tert-OH is 1. The maximum Gasteiger partial charge on any atom is 0.261 e. The van der Waals surface area contributed by atoms with E-state index in [1.54, 1.807) is 0 Å². The van der Waals surface area contributed by atoms with Crippen LogP contribution in [0.4, 0.5) is 0 Å². The summed E-state index contributed by atoms with van der Waals surface area (Å²) in [6.07, 6.45) is 11.3. The summed E-state index contributed by atoms with van der Waals surface area (Å²) in [5.74, 6) is 0.671. The molecule has 0 amide bonds. The third-order valence-electron chi connectivity index (χ3n) is 5.24. The molecule has 5 nitrogen and oxygen atoms in total. The van der Waals surface area contributed by atoms with E-state index in [9.17, 15) is 10.2 Å². The van der Waals surface area contributed by atoms with Gasteiger partial charge in [-0.05, 0) is 46.6 Å². The van der Waals surface area contributed by atoms with Crippen molar-refractivity contribution in [2.24, 2.45) is 5.92 Å². The van der Waals surface area contributed by atoms with Crippen molar-refractivity contribution in [3.63, 3.8) is 0 Å². The van der Waals surface area contributed by atoms with Gasteiger partial charge >= 0.3 is 0 Å². The van der Waals surface area contributed by atoms with Gasteiger partial charge in [0.05, 0.1) is 26.0 Å². The minimum atomic E-state index is -0.450. The van der Waals surface area contributed by atoms with E-state index in [2.05, 4.69) is 36.2 Å². The molecule has 0 fully saturated rings. The summed E-state index contributed by atoms with van der Waals surface area (Å²) >= 11 is 0. The van der Waals surface area contributed by atoms with Crippen molar-refractivity contribution in [3.8, 4) is 17.4 Å². The molecule has 30 heavy (non-hydrogen) atoms. The highest BCUT2D eigenvalue weighted by Crippen LogP contribution is 2.38. The molecular weight excluding hydrogens is 378 g/mol. The van der Waals surface area contributed by atoms with Crippen molar-refractivity contribution in [1.29, 1.82) is 0 Å². The Kier molecular flexibility index (Phi) is 10.4. The molecule has 5 heteroatoms. The van der Waals surface area contributed by atoms with E-state index in [4.69, 9.17) is 9.47 Å². The van der Waals surface area contributed by atoms with Gasteiger partial charge in [-0.25, -0.2) is 4.98 Å². The van der Waals surface area contributed by atoms with Crippen LogP contribution in [0.25, 0.3) is 0 Å². The Bertz CT molecular complexity index is 834. The van der Waals surface area contributed by atoms with Crippen molar-refractivity contribution >= 4 is 0 Å². The molecule has 2 atom stereocenters. The Morgan fingerprint density at radius 1 is 1.17 bits per heavy atom. The van der Waals surface area contributed by atoms with Gasteiger partial charge in [0, 0.05) is 17.9 Å². The Labute approximate surface area is 181 Å². The Morgan fingerprint density at radius 2 is 1.83 bits per heavy atom. The van der Waals surface area contributed by atoms with Crippen molar-refractivity contribution in [2.45, 2.75) is 60.5 Å². The van der Waals surface area contributed by atoms with Crippen LogP contribution in [0.2, 0.25) is 0 Å². The van der Waals surface area contributed by atoms with Gasteiger partial charge in [-0.2, -0.15) is 0 Å². The van der Waals surface area contributed by atoms with Gasteiger partial charge in [0.15, 0.2) is 5.75 Å². The minimum absolute atomic E-state index is 0.0641. The number of rotatable bonds is 10. The standard InChI is InChI=1S/C25H37NO4/c1-9-18(4)22(27)19(5)15-17(3)12-10-11-16(2)13-14-21-20(6)23(28)24(29-7)25(26-21)30-8/h9-10,12-13,15,19,22,27H,11,14H2,1-8H3,(H,26,28)/b12-10+,16-13+,17-15+,18-9+/t19-,22+/m1/s1. The fraction of sp³-hybridized carbons (Fsp3) is 0.480. The quantitative estimate of drug-likeness (QED) is 0.392. The molecule has 0 aliphatic heterocycles. The van der Waals surface area contributed by atoms with Gasteiger partial charge < -0.3 is 19.7 Å². The van der Waals surface area contributed by atoms with Crippen molar-refractivity contribution < 1.29 is 19.7 Å². The smallest absolute Gasteiger partial charge is 0.261 e. The summed E-state index contributed by atoms with van der Waals surface area (Å²) in [6.45, 7) is 11.8. The molecule has 0 unspecified atom stereocenters. The van der Waals surface area contributed by atoms with E-state index in [0.717, 1.165) is 23.3 Å². The monoisotopic (exact) mass is 415 g/mol. The van der Waals surface area contributed by atoms with E-state index in [1.165, 1.54) is 19.8 Å². The van der Waals surface area contributed by atoms with E-state index >= 15 is 0 Å².